The Labute approximate surface area is 326 Å². The van der Waals surface area contributed by atoms with Crippen molar-refractivity contribution in [3.05, 3.63) is 130 Å². The molecule has 0 aliphatic rings. The number of benzene rings is 2. The van der Waals surface area contributed by atoms with Crippen molar-refractivity contribution in [3.63, 3.8) is 0 Å². The van der Waals surface area contributed by atoms with Crippen molar-refractivity contribution in [2.75, 3.05) is 19.6 Å². The number of fused-ring (bicyclic) bond motifs is 2. The summed E-state index contributed by atoms with van der Waals surface area (Å²) in [6.45, 7) is 3.91. The molecule has 0 atom stereocenters. The number of rotatable bonds is 8. The second-order valence-electron chi connectivity index (χ2n) is 12.1. The second-order valence-corrected chi connectivity index (χ2v) is 15.9. The fraction of sp³-hybridized carbons (Fsp3) is 0.211. The summed E-state index contributed by atoms with van der Waals surface area (Å²) >= 11 is 0. The normalized spacial score (nSPS) is 10.9. The molecule has 4 aromatic heterocycles. The number of sulfone groups is 2. The van der Waals surface area contributed by atoms with Gasteiger partial charge in [-0.1, -0.05) is 30.7 Å². The van der Waals surface area contributed by atoms with Crippen LogP contribution in [0.1, 0.15) is 61.8 Å². The van der Waals surface area contributed by atoms with Crippen LogP contribution in [0.5, 0.6) is 0 Å². The van der Waals surface area contributed by atoms with Crippen molar-refractivity contribution in [3.8, 4) is 0 Å². The van der Waals surface area contributed by atoms with E-state index in [1.807, 2.05) is 44.2 Å². The van der Waals surface area contributed by atoms with Gasteiger partial charge in [0.25, 0.3) is 0 Å². The summed E-state index contributed by atoms with van der Waals surface area (Å²) in [6, 6.07) is 20.8. The van der Waals surface area contributed by atoms with Crippen LogP contribution in [-0.4, -0.2) is 78.9 Å². The second kappa shape index (κ2) is 18.3. The van der Waals surface area contributed by atoms with Crippen LogP contribution < -0.4 is 18.9 Å². The predicted octanol–water partition coefficient (Wildman–Crippen LogP) is 2.81. The Morgan fingerprint density at radius 3 is 1.46 bits per heavy atom. The number of esters is 1. The van der Waals surface area contributed by atoms with Crippen LogP contribution in [0.2, 0.25) is 0 Å². The molecule has 2 aromatic carbocycles. The molecule has 0 saturated carbocycles. The molecule has 0 aliphatic carbocycles. The Balaban J connectivity index is 0.000000354. The van der Waals surface area contributed by atoms with Crippen molar-refractivity contribution in [2.45, 2.75) is 44.2 Å². The van der Waals surface area contributed by atoms with Crippen molar-refractivity contribution < 1.29 is 60.6 Å². The number of carboxylic acids is 1. The maximum absolute atomic E-state index is 12.2. The monoisotopic (exact) mass is 766 g/mol. The molecule has 0 aliphatic heterocycles. The fourth-order valence-electron chi connectivity index (χ4n) is 5.46. The number of aromatic carboxylic acids is 1. The molecule has 6 aromatic rings. The molecular weight excluding hydrogens is 728 g/mol. The number of hydrogen-bond acceptors (Lipinski definition) is 12. The average molecular weight is 767 g/mol. The number of hydrogen-bond donors (Lipinski definition) is 1. The van der Waals surface area contributed by atoms with E-state index >= 15 is 0 Å². The maximum atomic E-state index is 12.2. The average Bonchev–Trinajstić information content (AvgIpc) is 3.06. The Bertz CT molecular complexity index is 2560. The largest absolute Gasteiger partial charge is 1.00 e. The maximum Gasteiger partial charge on any atom is 1.00 e. The van der Waals surface area contributed by atoms with E-state index in [0.29, 0.717) is 39.1 Å². The van der Waals surface area contributed by atoms with Gasteiger partial charge >= 0.3 is 30.8 Å². The quantitative estimate of drug-likeness (QED) is 0.175. The molecule has 278 valence electrons. The molecule has 0 amide bonds. The van der Waals surface area contributed by atoms with Gasteiger partial charge in [0.05, 0.1) is 29.3 Å². The standard InChI is InChI=1S/C19H18N2O4S.C18H16N2O4S.CH4.Li.H2O/c1-12-4-5-17-14(8-12)9-15(18(21-17)26(3,23)24)11-16-10-13(6-7-20-16)19(22)25-2;1-11-3-4-16-13(7-11)8-14(17(20-16)25(2,23)24)10-15-9-12(18(21)22)5-6-19-15;;;/h4-10H,11H2,1-3H3;3-9H,10H2,1-2H3,(H,21,22);1H4;;1H2/q;;;+1;/p-1. The first-order chi connectivity index (χ1) is 24.0. The number of pyridine rings is 4. The van der Waals surface area contributed by atoms with E-state index in [4.69, 9.17) is 9.84 Å². The third-order valence-electron chi connectivity index (χ3n) is 7.77. The van der Waals surface area contributed by atoms with Crippen molar-refractivity contribution in [2.24, 2.45) is 0 Å². The van der Waals surface area contributed by atoms with Gasteiger partial charge in [0, 0.05) is 59.9 Å². The van der Waals surface area contributed by atoms with E-state index in [1.165, 1.54) is 31.6 Å². The summed E-state index contributed by atoms with van der Waals surface area (Å²) in [7, 11) is -5.75. The zero-order valence-corrected chi connectivity index (χ0v) is 31.5. The molecule has 0 saturated heterocycles. The van der Waals surface area contributed by atoms with Crippen molar-refractivity contribution in [1.82, 2.24) is 19.9 Å². The van der Waals surface area contributed by atoms with Crippen molar-refractivity contribution in [1.29, 1.82) is 0 Å². The topological polar surface area (TPSA) is 213 Å². The van der Waals surface area contributed by atoms with Gasteiger partial charge in [-0.05, 0) is 85.6 Å². The van der Waals surface area contributed by atoms with E-state index in [-0.39, 0.29) is 60.2 Å². The summed E-state index contributed by atoms with van der Waals surface area (Å²) in [5.41, 5.74) is 5.86. The third-order valence-corrected chi connectivity index (χ3v) is 9.88. The van der Waals surface area contributed by atoms with Crippen LogP contribution >= 0.6 is 0 Å². The molecule has 16 heteroatoms. The first kappa shape index (κ1) is 45.1. The summed E-state index contributed by atoms with van der Waals surface area (Å²) < 4.78 is 53.5. The summed E-state index contributed by atoms with van der Waals surface area (Å²) in [5.74, 6) is -1.52. The minimum absolute atomic E-state index is 0. The van der Waals surface area contributed by atoms with Crippen molar-refractivity contribution >= 4 is 53.4 Å². The number of aromatic nitrogens is 4. The van der Waals surface area contributed by atoms with Crippen LogP contribution in [0.25, 0.3) is 21.8 Å². The number of carbonyl (C=O) groups excluding carboxylic acids is 1. The van der Waals surface area contributed by atoms with Gasteiger partial charge in [0.1, 0.15) is 0 Å². The Morgan fingerprint density at radius 1 is 0.667 bits per heavy atom. The molecule has 54 heavy (non-hydrogen) atoms. The van der Waals surface area contributed by atoms with Gasteiger partial charge in [-0.25, -0.2) is 36.4 Å². The molecule has 0 radical (unpaired) electrons. The molecule has 0 bridgehead atoms. The molecule has 0 fully saturated rings. The van der Waals surface area contributed by atoms with E-state index in [1.54, 1.807) is 30.3 Å². The zero-order chi connectivity index (χ0) is 37.1. The van der Waals surface area contributed by atoms with Gasteiger partial charge in [-0.15, -0.1) is 0 Å². The molecule has 2 N–H and O–H groups in total. The number of ether oxygens (including phenoxy) is 1. The van der Waals surface area contributed by atoms with Crippen LogP contribution in [0.15, 0.2) is 95.2 Å². The number of nitrogens with zero attached hydrogens (tertiary/aromatic N) is 4. The smallest absolute Gasteiger partial charge is 0.870 e. The molecular formula is C38H39LiN4O9S2. The van der Waals surface area contributed by atoms with Gasteiger partial charge in [-0.2, -0.15) is 0 Å². The first-order valence-corrected chi connectivity index (χ1v) is 19.2. The minimum atomic E-state index is -3.54. The SMILES string of the molecule is C.COC(=O)c1ccnc(Cc2cc3cc(C)ccc3nc2S(C)(=O)=O)c1.Cc1ccc2nc(S(C)(=O)=O)c(Cc3cc(C(=O)O)ccn3)cc2c1.[Li+].[OH-]. The van der Waals surface area contributed by atoms with E-state index < -0.39 is 31.6 Å². The van der Waals surface area contributed by atoms with Crippen LogP contribution in [0, 0.1) is 13.8 Å². The third kappa shape index (κ3) is 11.0. The fourth-order valence-corrected chi connectivity index (χ4v) is 7.20. The van der Waals surface area contributed by atoms with Crippen LogP contribution in [0.3, 0.4) is 0 Å². The minimum Gasteiger partial charge on any atom is -0.870 e. The first-order valence-electron chi connectivity index (χ1n) is 15.4. The number of methoxy groups -OCH3 is 1. The Morgan fingerprint density at radius 2 is 1.07 bits per heavy atom. The summed E-state index contributed by atoms with van der Waals surface area (Å²) in [5, 5.41) is 10.8. The van der Waals surface area contributed by atoms with Gasteiger partial charge in [0.15, 0.2) is 29.7 Å². The van der Waals surface area contributed by atoms with E-state index in [0.717, 1.165) is 34.4 Å². The van der Waals surface area contributed by atoms with Gasteiger partial charge in [0.2, 0.25) is 0 Å². The van der Waals surface area contributed by atoms with E-state index in [9.17, 15) is 26.4 Å². The number of carbonyl (C=O) groups is 2. The summed E-state index contributed by atoms with van der Waals surface area (Å²) in [4.78, 5) is 39.9. The van der Waals surface area contributed by atoms with Crippen LogP contribution in [0.4, 0.5) is 0 Å². The molecule has 4 heterocycles. The van der Waals surface area contributed by atoms with Gasteiger partial charge in [-0.3, -0.25) is 9.97 Å². The molecule has 6 rings (SSSR count). The number of carboxylic acid groups (broad SMARTS) is 1. The molecule has 0 spiro atoms. The van der Waals surface area contributed by atoms with Gasteiger partial charge < -0.3 is 15.3 Å². The van der Waals surface area contributed by atoms with E-state index in [2.05, 4.69) is 19.9 Å². The predicted molar refractivity (Wildman–Crippen MR) is 200 cm³/mol. The molecule has 13 nitrogen and oxygen atoms in total. The Hall–Kier alpha value is -5.04. The molecule has 0 unspecified atom stereocenters. The zero-order valence-electron chi connectivity index (χ0n) is 29.9. The van der Waals surface area contributed by atoms with Crippen LogP contribution in [-0.2, 0) is 37.3 Å². The Kier molecular flexibility index (Phi) is 15.3. The summed E-state index contributed by atoms with van der Waals surface area (Å²) in [6.07, 6.45) is 5.57. The number of aryl methyl sites for hydroxylation is 2.